The third kappa shape index (κ3) is 5.66. The highest BCUT2D eigenvalue weighted by atomic mass is 16.3. The average Bonchev–Trinajstić information content (AvgIpc) is 4.08. The van der Waals surface area contributed by atoms with E-state index < -0.39 is 6.17 Å². The number of benzene rings is 11. The molecular formula is C63H39N5O. The maximum atomic E-state index is 7.08. The lowest BCUT2D eigenvalue weighted by Crippen LogP contribution is -2.33. The number of rotatable bonds is 5. The van der Waals surface area contributed by atoms with Gasteiger partial charge in [-0.1, -0.05) is 170 Å². The highest BCUT2D eigenvalue weighted by molar-refractivity contribution is 6.25. The molecule has 6 heteroatoms. The van der Waals surface area contributed by atoms with E-state index in [1.54, 1.807) is 0 Å². The molecule has 0 bridgehead atoms. The molecule has 0 saturated heterocycles. The zero-order valence-electron chi connectivity index (χ0n) is 37.1. The second-order valence-corrected chi connectivity index (χ2v) is 18.1. The molecule has 1 aliphatic rings. The van der Waals surface area contributed by atoms with Crippen LogP contribution in [0.5, 0.6) is 0 Å². The van der Waals surface area contributed by atoms with Crippen LogP contribution >= 0.6 is 0 Å². The second-order valence-electron chi connectivity index (χ2n) is 18.1. The quantitative estimate of drug-likeness (QED) is 0.187. The molecule has 0 saturated carbocycles. The first-order valence-electron chi connectivity index (χ1n) is 23.5. The molecule has 4 heterocycles. The smallest absolute Gasteiger partial charge is 0.163 e. The third-order valence-electron chi connectivity index (χ3n) is 14.3. The van der Waals surface area contributed by atoms with Crippen LogP contribution in [-0.4, -0.2) is 20.8 Å². The standard InChI is InChI=1S/C63H39N5O/c1-2-20-43(21-3-1)67-53-27-12-10-24-46(53)47-31-30-42(37-55(47)67)61-64-62(49-26-14-19-38-15-6-8-22-44(38)49)66-63(65-61)51-33-34-54(58-50-25-11-13-28-57(50)69-60(51)58)68-56-36-41-18-5-4-17-40(41)35-52(56)48-32-29-39-16-7-9-23-45(39)59(48)68/h1-37,61H,(H,64,65,66). The molecule has 3 aromatic heterocycles. The number of aliphatic imine (C=N–C) groups is 2. The van der Waals surface area contributed by atoms with Crippen molar-refractivity contribution < 1.29 is 4.42 Å². The number of furan rings is 1. The predicted molar refractivity (Wildman–Crippen MR) is 287 cm³/mol. The minimum absolute atomic E-state index is 0.478. The predicted octanol–water partition coefficient (Wildman–Crippen LogP) is 15.7. The number of fused-ring (bicyclic) bond motifs is 13. The van der Waals surface area contributed by atoms with E-state index in [9.17, 15) is 0 Å². The molecule has 15 rings (SSSR count). The van der Waals surface area contributed by atoms with E-state index in [2.05, 4.69) is 233 Å². The van der Waals surface area contributed by atoms with Crippen LogP contribution in [0.2, 0.25) is 0 Å². The molecule has 1 N–H and O–H groups in total. The highest BCUT2D eigenvalue weighted by Gasteiger charge is 2.28. The molecular weight excluding hydrogens is 843 g/mol. The first kappa shape index (κ1) is 37.9. The molecule has 0 radical (unpaired) electrons. The zero-order valence-corrected chi connectivity index (χ0v) is 37.1. The van der Waals surface area contributed by atoms with E-state index in [0.29, 0.717) is 5.84 Å². The zero-order chi connectivity index (χ0) is 45.2. The molecule has 14 aromatic rings. The lowest BCUT2D eigenvalue weighted by atomic mass is 10.0. The molecule has 0 aliphatic carbocycles. The van der Waals surface area contributed by atoms with Gasteiger partial charge in [0.2, 0.25) is 0 Å². The van der Waals surface area contributed by atoms with Crippen molar-refractivity contribution in [1.29, 1.82) is 0 Å². The van der Waals surface area contributed by atoms with Crippen LogP contribution in [0.25, 0.3) is 109 Å². The van der Waals surface area contributed by atoms with Gasteiger partial charge in [0, 0.05) is 43.6 Å². The lowest BCUT2D eigenvalue weighted by Gasteiger charge is -2.25. The number of nitrogens with one attached hydrogen (secondary N) is 1. The van der Waals surface area contributed by atoms with Gasteiger partial charge in [-0.25, -0.2) is 9.98 Å². The van der Waals surface area contributed by atoms with Gasteiger partial charge in [0.1, 0.15) is 23.2 Å². The molecule has 69 heavy (non-hydrogen) atoms. The fraction of sp³-hybridized carbons (Fsp3) is 0.0159. The SMILES string of the molecule is c1ccc(-n2c3ccccc3c3ccc(C4N=C(c5ccc(-n6c7cc8ccccc8cc7c7ccc8ccccc8c76)c6c5oc5ccccc56)N=C(c5cccc6ccccc56)N4)cc32)cc1. The normalized spacial score (nSPS) is 14.2. The van der Waals surface area contributed by atoms with Crippen LogP contribution in [-0.2, 0) is 0 Å². The molecule has 11 aromatic carbocycles. The van der Waals surface area contributed by atoms with E-state index in [4.69, 9.17) is 14.4 Å². The Kier molecular flexibility index (Phi) is 8.03. The summed E-state index contributed by atoms with van der Waals surface area (Å²) in [5, 5.41) is 17.7. The molecule has 6 nitrogen and oxygen atoms in total. The number of hydrogen-bond donors (Lipinski definition) is 1. The lowest BCUT2D eigenvalue weighted by molar-refractivity contribution is 0.663. The van der Waals surface area contributed by atoms with Gasteiger partial charge in [0.05, 0.1) is 38.7 Å². The Morgan fingerprint density at radius 1 is 0.420 bits per heavy atom. The fourth-order valence-electron chi connectivity index (χ4n) is 11.2. The van der Waals surface area contributed by atoms with Crippen molar-refractivity contribution in [1.82, 2.24) is 14.5 Å². The summed E-state index contributed by atoms with van der Waals surface area (Å²) in [6.07, 6.45) is -0.478. The summed E-state index contributed by atoms with van der Waals surface area (Å²) in [6.45, 7) is 0. The van der Waals surface area contributed by atoms with E-state index in [0.717, 1.165) is 88.7 Å². The van der Waals surface area contributed by atoms with E-state index >= 15 is 0 Å². The Morgan fingerprint density at radius 3 is 1.93 bits per heavy atom. The Morgan fingerprint density at radius 2 is 1.07 bits per heavy atom. The van der Waals surface area contributed by atoms with Gasteiger partial charge < -0.3 is 18.9 Å². The summed E-state index contributed by atoms with van der Waals surface area (Å²) in [6, 6.07) is 80.3. The molecule has 1 aliphatic heterocycles. The number of aromatic nitrogens is 2. The van der Waals surface area contributed by atoms with Gasteiger partial charge >= 0.3 is 0 Å². The molecule has 0 fully saturated rings. The van der Waals surface area contributed by atoms with Gasteiger partial charge in [-0.3, -0.25) is 0 Å². The number of nitrogens with zero attached hydrogens (tertiary/aromatic N) is 4. The van der Waals surface area contributed by atoms with Crippen molar-refractivity contribution >= 4 is 110 Å². The summed E-state index contributed by atoms with van der Waals surface area (Å²) < 4.78 is 11.9. The average molecular weight is 882 g/mol. The van der Waals surface area contributed by atoms with Gasteiger partial charge in [0.25, 0.3) is 0 Å². The first-order valence-corrected chi connectivity index (χ1v) is 23.5. The van der Waals surface area contributed by atoms with Crippen LogP contribution in [0.15, 0.2) is 239 Å². The monoisotopic (exact) mass is 881 g/mol. The van der Waals surface area contributed by atoms with Crippen LogP contribution in [0, 0.1) is 0 Å². The van der Waals surface area contributed by atoms with Crippen molar-refractivity contribution in [3.05, 3.63) is 241 Å². The van der Waals surface area contributed by atoms with Crippen molar-refractivity contribution in [2.24, 2.45) is 9.98 Å². The highest BCUT2D eigenvalue weighted by Crippen LogP contribution is 2.44. The Bertz CT molecular complexity index is 4530. The van der Waals surface area contributed by atoms with Crippen LogP contribution in [0.1, 0.15) is 22.9 Å². The van der Waals surface area contributed by atoms with E-state index in [-0.39, 0.29) is 0 Å². The maximum absolute atomic E-state index is 7.08. The fourth-order valence-corrected chi connectivity index (χ4v) is 11.2. The van der Waals surface area contributed by atoms with Crippen LogP contribution in [0.3, 0.4) is 0 Å². The maximum Gasteiger partial charge on any atom is 0.163 e. The van der Waals surface area contributed by atoms with Crippen molar-refractivity contribution in [3.8, 4) is 11.4 Å². The molecule has 322 valence electrons. The van der Waals surface area contributed by atoms with Gasteiger partial charge in [-0.15, -0.1) is 0 Å². The van der Waals surface area contributed by atoms with E-state index in [1.807, 2.05) is 6.07 Å². The van der Waals surface area contributed by atoms with Crippen LogP contribution < -0.4 is 5.32 Å². The molecule has 1 unspecified atom stereocenters. The van der Waals surface area contributed by atoms with Gasteiger partial charge in [-0.2, -0.15) is 0 Å². The minimum Gasteiger partial charge on any atom is -0.455 e. The van der Waals surface area contributed by atoms with Crippen molar-refractivity contribution in [2.75, 3.05) is 0 Å². The van der Waals surface area contributed by atoms with Crippen molar-refractivity contribution in [2.45, 2.75) is 6.17 Å². The first-order chi connectivity index (χ1) is 34.2. The molecule has 0 spiro atoms. The Balaban J connectivity index is 1.00. The summed E-state index contributed by atoms with van der Waals surface area (Å²) in [5.41, 5.74) is 11.1. The molecule has 0 amide bonds. The minimum atomic E-state index is -0.478. The Labute approximate surface area is 395 Å². The number of amidine groups is 2. The number of para-hydroxylation sites is 3. The summed E-state index contributed by atoms with van der Waals surface area (Å²) in [7, 11) is 0. The topological polar surface area (TPSA) is 59.8 Å². The number of hydrogen-bond acceptors (Lipinski definition) is 4. The van der Waals surface area contributed by atoms with Gasteiger partial charge in [0.15, 0.2) is 5.84 Å². The second kappa shape index (κ2) is 14.6. The summed E-state index contributed by atoms with van der Waals surface area (Å²) in [5.74, 6) is 1.35. The van der Waals surface area contributed by atoms with Crippen molar-refractivity contribution in [3.63, 3.8) is 0 Å². The summed E-state index contributed by atoms with van der Waals surface area (Å²) >= 11 is 0. The van der Waals surface area contributed by atoms with Crippen LogP contribution in [0.4, 0.5) is 0 Å². The molecule has 1 atom stereocenters. The third-order valence-corrected chi connectivity index (χ3v) is 14.3. The largest absolute Gasteiger partial charge is 0.455 e. The van der Waals surface area contributed by atoms with E-state index in [1.165, 1.54) is 43.1 Å². The Hall–Kier alpha value is -9.26. The summed E-state index contributed by atoms with van der Waals surface area (Å²) in [4.78, 5) is 11.1. The van der Waals surface area contributed by atoms with Gasteiger partial charge in [-0.05, 0) is 87.1 Å².